The molecule has 5 heteroatoms. The number of rotatable bonds is 5. The molecular formula is C21H22N2O3. The van der Waals surface area contributed by atoms with E-state index in [-0.39, 0.29) is 0 Å². The number of aryl methyl sites for hydroxylation is 1. The molecule has 0 spiro atoms. The van der Waals surface area contributed by atoms with E-state index < -0.39 is 5.79 Å². The number of hydrogen-bond acceptors (Lipinski definition) is 4. The quantitative estimate of drug-likeness (QED) is 0.703. The molecule has 0 saturated carbocycles. The highest BCUT2D eigenvalue weighted by molar-refractivity contribution is 5.68. The van der Waals surface area contributed by atoms with Crippen molar-refractivity contribution < 1.29 is 14.2 Å². The Bertz CT molecular complexity index is 867. The minimum atomic E-state index is -0.756. The molecule has 2 aromatic carbocycles. The second-order valence-corrected chi connectivity index (χ2v) is 6.44. The van der Waals surface area contributed by atoms with Crippen molar-refractivity contribution in [3.8, 4) is 16.9 Å². The third-order valence-electron chi connectivity index (χ3n) is 4.77. The van der Waals surface area contributed by atoms with Crippen LogP contribution in [0.25, 0.3) is 11.1 Å². The average molecular weight is 350 g/mol. The first-order valence-electron chi connectivity index (χ1n) is 8.69. The number of aromatic nitrogens is 2. The molecule has 3 aromatic rings. The van der Waals surface area contributed by atoms with Crippen molar-refractivity contribution >= 4 is 0 Å². The van der Waals surface area contributed by atoms with E-state index in [4.69, 9.17) is 14.2 Å². The maximum absolute atomic E-state index is 6.01. The molecule has 2 heterocycles. The lowest BCUT2D eigenvalue weighted by Gasteiger charge is -2.28. The van der Waals surface area contributed by atoms with Crippen LogP contribution in [0, 0.1) is 6.92 Å². The van der Waals surface area contributed by atoms with Gasteiger partial charge in [-0.2, -0.15) is 0 Å². The van der Waals surface area contributed by atoms with Crippen LogP contribution in [0.2, 0.25) is 0 Å². The molecular weight excluding hydrogens is 328 g/mol. The number of benzene rings is 2. The van der Waals surface area contributed by atoms with Crippen LogP contribution in [-0.4, -0.2) is 29.9 Å². The zero-order valence-corrected chi connectivity index (χ0v) is 15.0. The standard InChI is InChI=1S/C21H22N2O3/c1-16-13-19(24-2)7-8-20(16)17-3-5-18(6-4-17)21(25-11-12-26-21)14-23-10-9-22-15-23/h3-10,13,15H,11-12,14H2,1-2H3. The zero-order valence-electron chi connectivity index (χ0n) is 15.0. The van der Waals surface area contributed by atoms with Crippen LogP contribution in [0.5, 0.6) is 5.75 Å². The number of nitrogens with zero attached hydrogens (tertiary/aromatic N) is 2. The monoisotopic (exact) mass is 350 g/mol. The van der Waals surface area contributed by atoms with E-state index in [2.05, 4.69) is 42.2 Å². The van der Waals surface area contributed by atoms with Gasteiger partial charge in [-0.1, -0.05) is 30.3 Å². The molecule has 26 heavy (non-hydrogen) atoms. The summed E-state index contributed by atoms with van der Waals surface area (Å²) < 4.78 is 19.3. The molecule has 0 amide bonds. The SMILES string of the molecule is COc1ccc(-c2ccc(C3(Cn4ccnc4)OCCO3)cc2)c(C)c1. The molecule has 0 bridgehead atoms. The van der Waals surface area contributed by atoms with Crippen molar-refractivity contribution in [2.75, 3.05) is 20.3 Å². The van der Waals surface area contributed by atoms with Crippen LogP contribution in [0.1, 0.15) is 11.1 Å². The summed E-state index contributed by atoms with van der Waals surface area (Å²) in [5, 5.41) is 0. The first-order valence-corrected chi connectivity index (χ1v) is 8.69. The van der Waals surface area contributed by atoms with Gasteiger partial charge in [-0.25, -0.2) is 4.98 Å². The Balaban J connectivity index is 1.64. The smallest absolute Gasteiger partial charge is 0.213 e. The topological polar surface area (TPSA) is 45.5 Å². The highest BCUT2D eigenvalue weighted by atomic mass is 16.7. The van der Waals surface area contributed by atoms with Gasteiger partial charge in [-0.05, 0) is 35.7 Å². The molecule has 0 N–H and O–H groups in total. The Morgan fingerprint density at radius 1 is 1.12 bits per heavy atom. The molecule has 1 saturated heterocycles. The van der Waals surface area contributed by atoms with E-state index in [0.717, 1.165) is 16.9 Å². The Labute approximate surface area is 153 Å². The lowest BCUT2D eigenvalue weighted by molar-refractivity contribution is -0.176. The Kier molecular flexibility index (Phi) is 4.49. The van der Waals surface area contributed by atoms with Gasteiger partial charge in [0.25, 0.3) is 0 Å². The molecule has 5 nitrogen and oxygen atoms in total. The van der Waals surface area contributed by atoms with E-state index >= 15 is 0 Å². The maximum atomic E-state index is 6.01. The fourth-order valence-corrected chi connectivity index (χ4v) is 3.42. The molecule has 1 aromatic heterocycles. The predicted octanol–water partition coefficient (Wildman–Crippen LogP) is 3.77. The van der Waals surface area contributed by atoms with Gasteiger partial charge in [0.05, 0.1) is 33.2 Å². The Hall–Kier alpha value is -2.63. The fourth-order valence-electron chi connectivity index (χ4n) is 3.42. The van der Waals surface area contributed by atoms with Gasteiger partial charge >= 0.3 is 0 Å². The molecule has 0 atom stereocenters. The average Bonchev–Trinajstić information content (AvgIpc) is 3.35. The number of hydrogen-bond donors (Lipinski definition) is 0. The highest BCUT2D eigenvalue weighted by Crippen LogP contribution is 2.35. The molecule has 134 valence electrons. The van der Waals surface area contributed by atoms with Gasteiger partial charge in [0, 0.05) is 18.0 Å². The predicted molar refractivity (Wildman–Crippen MR) is 99.0 cm³/mol. The van der Waals surface area contributed by atoms with Crippen molar-refractivity contribution in [1.82, 2.24) is 9.55 Å². The first-order chi connectivity index (χ1) is 12.7. The van der Waals surface area contributed by atoms with E-state index in [9.17, 15) is 0 Å². The normalized spacial score (nSPS) is 15.9. The van der Waals surface area contributed by atoms with Crippen LogP contribution in [0.3, 0.4) is 0 Å². The Morgan fingerprint density at radius 3 is 2.50 bits per heavy atom. The maximum Gasteiger partial charge on any atom is 0.213 e. The van der Waals surface area contributed by atoms with E-state index in [0.29, 0.717) is 19.8 Å². The van der Waals surface area contributed by atoms with Crippen LogP contribution in [0.4, 0.5) is 0 Å². The molecule has 4 rings (SSSR count). The van der Waals surface area contributed by atoms with Crippen molar-refractivity contribution in [2.24, 2.45) is 0 Å². The lowest BCUT2D eigenvalue weighted by atomic mass is 9.97. The molecule has 0 radical (unpaired) electrons. The summed E-state index contributed by atoms with van der Waals surface area (Å²) in [6.45, 7) is 3.85. The summed E-state index contributed by atoms with van der Waals surface area (Å²) in [6, 6.07) is 14.5. The largest absolute Gasteiger partial charge is 0.497 e. The summed E-state index contributed by atoms with van der Waals surface area (Å²) >= 11 is 0. The van der Waals surface area contributed by atoms with Crippen molar-refractivity contribution in [2.45, 2.75) is 19.3 Å². The molecule has 0 aliphatic carbocycles. The van der Waals surface area contributed by atoms with Gasteiger partial charge in [-0.15, -0.1) is 0 Å². The summed E-state index contributed by atoms with van der Waals surface area (Å²) in [5.74, 6) is 0.115. The molecule has 0 unspecified atom stereocenters. The summed E-state index contributed by atoms with van der Waals surface area (Å²) in [5.41, 5.74) is 4.54. The van der Waals surface area contributed by atoms with Crippen molar-refractivity contribution in [3.05, 3.63) is 72.3 Å². The number of methoxy groups -OCH3 is 1. The molecule has 1 fully saturated rings. The van der Waals surface area contributed by atoms with E-state index in [1.54, 1.807) is 19.6 Å². The van der Waals surface area contributed by atoms with E-state index in [1.807, 2.05) is 22.9 Å². The fraction of sp³-hybridized carbons (Fsp3) is 0.286. The minimum Gasteiger partial charge on any atom is -0.497 e. The van der Waals surface area contributed by atoms with Gasteiger partial charge in [0.15, 0.2) is 0 Å². The Morgan fingerprint density at radius 2 is 1.88 bits per heavy atom. The molecule has 1 aliphatic heterocycles. The van der Waals surface area contributed by atoms with Crippen LogP contribution < -0.4 is 4.74 Å². The second-order valence-electron chi connectivity index (χ2n) is 6.44. The zero-order chi connectivity index (χ0) is 18.0. The first kappa shape index (κ1) is 16.8. The van der Waals surface area contributed by atoms with Crippen molar-refractivity contribution in [1.29, 1.82) is 0 Å². The lowest BCUT2D eigenvalue weighted by Crippen LogP contribution is -2.32. The summed E-state index contributed by atoms with van der Waals surface area (Å²) in [4.78, 5) is 4.11. The van der Waals surface area contributed by atoms with Crippen LogP contribution >= 0.6 is 0 Å². The van der Waals surface area contributed by atoms with Crippen LogP contribution in [-0.2, 0) is 21.8 Å². The van der Waals surface area contributed by atoms with Gasteiger partial charge < -0.3 is 18.8 Å². The van der Waals surface area contributed by atoms with Crippen molar-refractivity contribution in [3.63, 3.8) is 0 Å². The van der Waals surface area contributed by atoms with Gasteiger partial charge in [0.1, 0.15) is 5.75 Å². The van der Waals surface area contributed by atoms with Crippen LogP contribution in [0.15, 0.2) is 61.2 Å². The number of ether oxygens (including phenoxy) is 3. The molecule has 1 aliphatic rings. The second kappa shape index (κ2) is 6.94. The van der Waals surface area contributed by atoms with Gasteiger partial charge in [-0.3, -0.25) is 0 Å². The highest BCUT2D eigenvalue weighted by Gasteiger charge is 2.39. The summed E-state index contributed by atoms with van der Waals surface area (Å²) in [7, 11) is 1.69. The van der Waals surface area contributed by atoms with E-state index in [1.165, 1.54) is 11.1 Å². The minimum absolute atomic E-state index is 0.577. The third kappa shape index (κ3) is 3.11. The summed E-state index contributed by atoms with van der Waals surface area (Å²) in [6.07, 6.45) is 5.46. The number of imidazole rings is 1. The van der Waals surface area contributed by atoms with Gasteiger partial charge in [0.2, 0.25) is 5.79 Å². The third-order valence-corrected chi connectivity index (χ3v) is 4.77.